The molecule has 2 aromatic rings. The molecule has 1 heterocycles. The first-order valence-corrected chi connectivity index (χ1v) is 7.71. The summed E-state index contributed by atoms with van der Waals surface area (Å²) in [5.74, 6) is 0.501. The molecule has 0 aliphatic rings. The van der Waals surface area contributed by atoms with Gasteiger partial charge >= 0.3 is 0 Å². The third-order valence-electron chi connectivity index (χ3n) is 2.83. The highest BCUT2D eigenvalue weighted by atomic mass is 32.2. The van der Waals surface area contributed by atoms with Gasteiger partial charge in [-0.3, -0.25) is 4.79 Å². The fourth-order valence-corrected chi connectivity index (χ4v) is 2.91. The Morgan fingerprint density at radius 3 is 2.38 bits per heavy atom. The summed E-state index contributed by atoms with van der Waals surface area (Å²) in [6.45, 7) is 4.66. The third kappa shape index (κ3) is 3.53. The summed E-state index contributed by atoms with van der Waals surface area (Å²) in [6, 6.07) is 5.08. The number of benzene rings is 1. The molecule has 21 heavy (non-hydrogen) atoms. The number of Topliss-reactive ketones (excluding diaryl/α,β-unsaturated/α-hetero) is 1. The first kappa shape index (κ1) is 15.3. The molecule has 0 amide bonds. The number of aryl methyl sites for hydroxylation is 1. The van der Waals surface area contributed by atoms with Gasteiger partial charge in [-0.05, 0) is 26.0 Å². The Kier molecular flexibility index (Phi) is 4.19. The van der Waals surface area contributed by atoms with Crippen LogP contribution in [0.25, 0.3) is 0 Å². The van der Waals surface area contributed by atoms with Crippen molar-refractivity contribution in [2.45, 2.75) is 31.7 Å². The lowest BCUT2D eigenvalue weighted by atomic mass is 10.2. The molecular weight excluding hydrogens is 294 g/mol. The van der Waals surface area contributed by atoms with E-state index >= 15 is 0 Å². The van der Waals surface area contributed by atoms with E-state index in [-0.39, 0.29) is 16.5 Å². The highest BCUT2D eigenvalue weighted by Crippen LogP contribution is 2.15. The minimum atomic E-state index is -3.72. The summed E-state index contributed by atoms with van der Waals surface area (Å²) in [5.41, 5.74) is 0.454. The van der Waals surface area contributed by atoms with Crippen molar-refractivity contribution in [1.29, 1.82) is 0 Å². The number of rotatable bonds is 5. The van der Waals surface area contributed by atoms with Crippen LogP contribution in [0.5, 0.6) is 0 Å². The number of carbonyl (C=O) groups is 1. The van der Waals surface area contributed by atoms with Gasteiger partial charge in [-0.25, -0.2) is 13.1 Å². The number of sulfonamides is 1. The molecule has 112 valence electrons. The van der Waals surface area contributed by atoms with E-state index in [0.29, 0.717) is 11.5 Å². The molecule has 1 aromatic carbocycles. The average Bonchev–Trinajstić information content (AvgIpc) is 2.85. The van der Waals surface area contributed by atoms with Gasteiger partial charge in [-0.15, -0.1) is 0 Å². The summed E-state index contributed by atoms with van der Waals surface area (Å²) >= 11 is 0. The Labute approximate surface area is 122 Å². The van der Waals surface area contributed by atoms with Crippen molar-refractivity contribution in [3.63, 3.8) is 0 Å². The van der Waals surface area contributed by atoms with Crippen LogP contribution in [0.1, 0.15) is 42.0 Å². The van der Waals surface area contributed by atoms with Gasteiger partial charge in [0.25, 0.3) is 0 Å². The largest absolute Gasteiger partial charge is 0.340 e. The van der Waals surface area contributed by atoms with Crippen LogP contribution in [0.2, 0.25) is 0 Å². The normalized spacial score (nSPS) is 13.1. The number of aromatic nitrogens is 2. The standard InChI is InChI=1S/C13H15N3O4S/c1-8(13-14-10(3)20-15-13)16-21(18,19)12-6-4-11(5-7-12)9(2)17/h4-8,16H,1-3H3/t8-/m0/s1. The lowest BCUT2D eigenvalue weighted by Crippen LogP contribution is -2.27. The van der Waals surface area contributed by atoms with Crippen molar-refractivity contribution in [2.24, 2.45) is 0 Å². The van der Waals surface area contributed by atoms with E-state index < -0.39 is 16.1 Å². The van der Waals surface area contributed by atoms with Crippen molar-refractivity contribution in [3.8, 4) is 0 Å². The maximum atomic E-state index is 12.2. The number of nitrogens with one attached hydrogen (secondary N) is 1. The van der Waals surface area contributed by atoms with Gasteiger partial charge in [0, 0.05) is 12.5 Å². The quantitative estimate of drug-likeness (QED) is 0.842. The van der Waals surface area contributed by atoms with Gasteiger partial charge in [0.15, 0.2) is 11.6 Å². The molecule has 0 saturated heterocycles. The van der Waals surface area contributed by atoms with Crippen LogP contribution in [0.15, 0.2) is 33.7 Å². The van der Waals surface area contributed by atoms with Gasteiger partial charge < -0.3 is 4.52 Å². The molecule has 1 aromatic heterocycles. The molecular formula is C13H15N3O4S. The molecule has 0 unspecified atom stereocenters. The van der Waals surface area contributed by atoms with Crippen LogP contribution >= 0.6 is 0 Å². The molecule has 0 aliphatic heterocycles. The Bertz CT molecular complexity index is 750. The topological polar surface area (TPSA) is 102 Å². The zero-order valence-electron chi connectivity index (χ0n) is 11.8. The molecule has 0 radical (unpaired) electrons. The second kappa shape index (κ2) is 5.74. The predicted molar refractivity (Wildman–Crippen MR) is 74.2 cm³/mol. The first-order valence-electron chi connectivity index (χ1n) is 6.23. The lowest BCUT2D eigenvalue weighted by Gasteiger charge is -2.11. The summed E-state index contributed by atoms with van der Waals surface area (Å²) in [7, 11) is -3.72. The molecule has 0 bridgehead atoms. The number of hydrogen-bond donors (Lipinski definition) is 1. The minimum Gasteiger partial charge on any atom is -0.340 e. The van der Waals surface area contributed by atoms with E-state index in [9.17, 15) is 13.2 Å². The molecule has 8 heteroatoms. The summed E-state index contributed by atoms with van der Waals surface area (Å²) < 4.78 is 31.7. The Morgan fingerprint density at radius 1 is 1.29 bits per heavy atom. The van der Waals surface area contributed by atoms with Crippen molar-refractivity contribution in [1.82, 2.24) is 14.9 Å². The van der Waals surface area contributed by atoms with Crippen LogP contribution in [-0.4, -0.2) is 24.3 Å². The first-order chi connectivity index (χ1) is 9.79. The summed E-state index contributed by atoms with van der Waals surface area (Å²) in [6.07, 6.45) is 0. The van der Waals surface area contributed by atoms with Gasteiger partial charge in [-0.1, -0.05) is 17.3 Å². The zero-order chi connectivity index (χ0) is 15.6. The Morgan fingerprint density at radius 2 is 1.90 bits per heavy atom. The number of ketones is 1. The van der Waals surface area contributed by atoms with Crippen molar-refractivity contribution in [2.75, 3.05) is 0 Å². The Hall–Kier alpha value is -2.06. The fraction of sp³-hybridized carbons (Fsp3) is 0.308. The monoisotopic (exact) mass is 309 g/mol. The molecule has 1 atom stereocenters. The highest BCUT2D eigenvalue weighted by molar-refractivity contribution is 7.89. The fourth-order valence-electron chi connectivity index (χ4n) is 1.71. The maximum Gasteiger partial charge on any atom is 0.241 e. The van der Waals surface area contributed by atoms with Crippen molar-refractivity contribution >= 4 is 15.8 Å². The van der Waals surface area contributed by atoms with Crippen LogP contribution in [0, 0.1) is 6.92 Å². The molecule has 0 saturated carbocycles. The predicted octanol–water partition coefficient (Wildman–Crippen LogP) is 1.62. The highest BCUT2D eigenvalue weighted by Gasteiger charge is 2.21. The average molecular weight is 309 g/mol. The van der Waals surface area contributed by atoms with Gasteiger partial charge in [0.05, 0.1) is 10.9 Å². The van der Waals surface area contributed by atoms with Crippen LogP contribution < -0.4 is 4.72 Å². The number of carbonyl (C=O) groups excluding carboxylic acids is 1. The van der Waals surface area contributed by atoms with Crippen LogP contribution in [-0.2, 0) is 10.0 Å². The number of nitrogens with zero attached hydrogens (tertiary/aromatic N) is 2. The smallest absolute Gasteiger partial charge is 0.241 e. The zero-order valence-corrected chi connectivity index (χ0v) is 12.6. The second-order valence-corrected chi connectivity index (χ2v) is 6.31. The molecule has 7 nitrogen and oxygen atoms in total. The van der Waals surface area contributed by atoms with E-state index in [4.69, 9.17) is 4.52 Å². The third-order valence-corrected chi connectivity index (χ3v) is 4.39. The van der Waals surface area contributed by atoms with Crippen molar-refractivity contribution in [3.05, 3.63) is 41.5 Å². The van der Waals surface area contributed by atoms with E-state index in [0.717, 1.165) is 0 Å². The van der Waals surface area contributed by atoms with E-state index in [1.807, 2.05) is 0 Å². The Balaban J connectivity index is 2.19. The minimum absolute atomic E-state index is 0.0690. The van der Waals surface area contributed by atoms with Crippen molar-refractivity contribution < 1.29 is 17.7 Å². The number of hydrogen-bond acceptors (Lipinski definition) is 6. The van der Waals surface area contributed by atoms with Crippen LogP contribution in [0.4, 0.5) is 0 Å². The van der Waals surface area contributed by atoms with E-state index in [1.165, 1.54) is 31.2 Å². The molecule has 2 rings (SSSR count). The maximum absolute atomic E-state index is 12.2. The van der Waals surface area contributed by atoms with E-state index in [2.05, 4.69) is 14.9 Å². The van der Waals surface area contributed by atoms with Crippen LogP contribution in [0.3, 0.4) is 0 Å². The lowest BCUT2D eigenvalue weighted by molar-refractivity contribution is 0.101. The van der Waals surface area contributed by atoms with Gasteiger partial charge in [-0.2, -0.15) is 4.98 Å². The van der Waals surface area contributed by atoms with Gasteiger partial charge in [0.2, 0.25) is 15.9 Å². The molecule has 0 fully saturated rings. The van der Waals surface area contributed by atoms with Gasteiger partial charge in [0.1, 0.15) is 0 Å². The SMILES string of the molecule is CC(=O)c1ccc(S(=O)(=O)N[C@@H](C)c2noc(C)n2)cc1. The van der Waals surface area contributed by atoms with E-state index in [1.54, 1.807) is 13.8 Å². The molecule has 0 spiro atoms. The molecule has 1 N–H and O–H groups in total. The summed E-state index contributed by atoms with van der Waals surface area (Å²) in [4.78, 5) is 15.2. The molecule has 0 aliphatic carbocycles. The second-order valence-electron chi connectivity index (χ2n) is 4.60. The summed E-state index contributed by atoms with van der Waals surface area (Å²) in [5, 5.41) is 3.67.